The van der Waals surface area contributed by atoms with Crippen molar-refractivity contribution >= 4 is 17.2 Å². The molecular weight excluding hydrogens is 322 g/mol. The van der Waals surface area contributed by atoms with Gasteiger partial charge in [0.1, 0.15) is 0 Å². The molecule has 0 amide bonds. The van der Waals surface area contributed by atoms with Crippen molar-refractivity contribution in [2.24, 2.45) is 0 Å². The third-order valence-corrected chi connectivity index (χ3v) is 4.30. The molecule has 1 aromatic rings. The third-order valence-electron chi connectivity index (χ3n) is 4.30. The van der Waals surface area contributed by atoms with Crippen LogP contribution in [0.1, 0.15) is 44.0 Å². The molecule has 7 heteroatoms. The summed E-state index contributed by atoms with van der Waals surface area (Å²) < 4.78 is 5.73. The van der Waals surface area contributed by atoms with Gasteiger partial charge in [-0.05, 0) is 52.3 Å². The maximum atomic E-state index is 11.6. The van der Waals surface area contributed by atoms with Gasteiger partial charge in [-0.2, -0.15) is 0 Å². The Kier molecular flexibility index (Phi) is 6.90. The van der Waals surface area contributed by atoms with Gasteiger partial charge in [-0.25, -0.2) is 0 Å². The molecule has 25 heavy (non-hydrogen) atoms. The minimum absolute atomic E-state index is 0.145. The van der Waals surface area contributed by atoms with E-state index in [4.69, 9.17) is 4.74 Å². The minimum Gasteiger partial charge on any atom is -0.385 e. The highest BCUT2D eigenvalue weighted by Crippen LogP contribution is 2.23. The van der Waals surface area contributed by atoms with Gasteiger partial charge in [-0.3, -0.25) is 19.8 Å². The number of anilines is 1. The zero-order chi connectivity index (χ0) is 18.4. The first-order valence-corrected chi connectivity index (χ1v) is 8.78. The quantitative estimate of drug-likeness (QED) is 0.336. The molecule has 1 aromatic carbocycles. The van der Waals surface area contributed by atoms with E-state index in [9.17, 15) is 14.9 Å². The lowest BCUT2D eigenvalue weighted by Gasteiger charge is -2.35. The number of ether oxygens (including phenoxy) is 1. The smallest absolute Gasteiger partial charge is 0.280 e. The molecule has 0 bridgehead atoms. The fraction of sp³-hybridized carbons (Fsp3) is 0.611. The van der Waals surface area contributed by atoms with E-state index in [1.807, 2.05) is 0 Å². The molecule has 2 unspecified atom stereocenters. The van der Waals surface area contributed by atoms with Gasteiger partial charge in [0.2, 0.25) is 0 Å². The van der Waals surface area contributed by atoms with Crippen molar-refractivity contribution in [2.45, 2.75) is 45.8 Å². The molecule has 1 saturated heterocycles. The van der Waals surface area contributed by atoms with Crippen LogP contribution in [0.4, 0.5) is 11.4 Å². The van der Waals surface area contributed by atoms with Crippen LogP contribution in [0, 0.1) is 10.1 Å². The van der Waals surface area contributed by atoms with E-state index in [0.29, 0.717) is 0 Å². The number of nitro benzene ring substituents is 1. The highest BCUT2D eigenvalue weighted by molar-refractivity contribution is 5.99. The Balaban J connectivity index is 1.77. The lowest BCUT2D eigenvalue weighted by molar-refractivity contribution is -0.385. The summed E-state index contributed by atoms with van der Waals surface area (Å²) in [7, 11) is 0. The van der Waals surface area contributed by atoms with Crippen LogP contribution in [0.5, 0.6) is 0 Å². The van der Waals surface area contributed by atoms with E-state index in [2.05, 4.69) is 24.1 Å². The number of benzene rings is 1. The molecule has 0 saturated carbocycles. The topological polar surface area (TPSA) is 84.7 Å². The number of ketones is 1. The van der Waals surface area contributed by atoms with Gasteiger partial charge in [-0.1, -0.05) is 0 Å². The number of carbonyl (C=O) groups excluding carboxylic acids is 1. The van der Waals surface area contributed by atoms with Crippen molar-refractivity contribution in [3.63, 3.8) is 0 Å². The van der Waals surface area contributed by atoms with Crippen molar-refractivity contribution in [3.8, 4) is 0 Å². The normalized spacial score (nSPS) is 21.1. The second-order valence-electron chi connectivity index (χ2n) is 6.70. The van der Waals surface area contributed by atoms with Gasteiger partial charge >= 0.3 is 0 Å². The number of nitro groups is 1. The van der Waals surface area contributed by atoms with Crippen LogP contribution in [0.2, 0.25) is 0 Å². The van der Waals surface area contributed by atoms with E-state index in [0.717, 1.165) is 44.7 Å². The molecule has 1 fully saturated rings. The minimum atomic E-state index is -0.523. The predicted octanol–water partition coefficient (Wildman–Crippen LogP) is 3.10. The number of nitrogens with one attached hydrogen (secondary N) is 1. The molecule has 1 aliphatic heterocycles. The highest BCUT2D eigenvalue weighted by atomic mass is 16.6. The second kappa shape index (κ2) is 8.92. The Labute approximate surface area is 148 Å². The Hall–Kier alpha value is -1.99. The van der Waals surface area contributed by atoms with Crippen LogP contribution in [-0.2, 0) is 4.74 Å². The van der Waals surface area contributed by atoms with Gasteiger partial charge in [0.05, 0.1) is 22.7 Å². The first-order valence-electron chi connectivity index (χ1n) is 8.78. The van der Waals surface area contributed by atoms with E-state index in [1.54, 1.807) is 12.1 Å². The first-order chi connectivity index (χ1) is 11.9. The van der Waals surface area contributed by atoms with Crippen LogP contribution in [0.25, 0.3) is 0 Å². The van der Waals surface area contributed by atoms with Crippen molar-refractivity contribution in [1.82, 2.24) is 4.90 Å². The summed E-state index contributed by atoms with van der Waals surface area (Å²) in [4.78, 5) is 24.4. The van der Waals surface area contributed by atoms with E-state index in [-0.39, 0.29) is 29.2 Å². The molecule has 2 rings (SSSR count). The number of hydrogen-bond donors (Lipinski definition) is 1. The maximum Gasteiger partial charge on any atom is 0.280 e. The van der Waals surface area contributed by atoms with Gasteiger partial charge in [0.15, 0.2) is 5.78 Å². The molecule has 7 nitrogen and oxygen atoms in total. The number of nitrogens with zero attached hydrogens (tertiary/aromatic N) is 2. The zero-order valence-electron chi connectivity index (χ0n) is 15.2. The Morgan fingerprint density at radius 1 is 1.32 bits per heavy atom. The van der Waals surface area contributed by atoms with Gasteiger partial charge in [0.25, 0.3) is 5.69 Å². The molecule has 1 heterocycles. The zero-order valence-corrected chi connectivity index (χ0v) is 15.2. The fourth-order valence-corrected chi connectivity index (χ4v) is 3.25. The van der Waals surface area contributed by atoms with Crippen molar-refractivity contribution < 1.29 is 14.5 Å². The summed E-state index contributed by atoms with van der Waals surface area (Å²) in [5, 5.41) is 14.2. The number of unbranched alkanes of at least 4 members (excludes halogenated alkanes) is 1. The molecule has 1 aliphatic rings. The second-order valence-corrected chi connectivity index (χ2v) is 6.70. The SMILES string of the molecule is CC(=O)c1cc(NCCCCN2CC(C)OC(C)C2)ccc1[N+](=O)[O-]. The molecular formula is C18H27N3O4. The number of rotatable bonds is 8. The van der Waals surface area contributed by atoms with Gasteiger partial charge in [0, 0.05) is 31.4 Å². The van der Waals surface area contributed by atoms with Gasteiger partial charge < -0.3 is 10.1 Å². The van der Waals surface area contributed by atoms with Crippen molar-refractivity contribution in [2.75, 3.05) is 31.5 Å². The third kappa shape index (κ3) is 5.79. The average molecular weight is 349 g/mol. The molecule has 138 valence electrons. The summed E-state index contributed by atoms with van der Waals surface area (Å²) in [6.45, 7) is 9.31. The van der Waals surface area contributed by atoms with Crippen LogP contribution >= 0.6 is 0 Å². The van der Waals surface area contributed by atoms with Gasteiger partial charge in [-0.15, -0.1) is 0 Å². The van der Waals surface area contributed by atoms with E-state index in [1.165, 1.54) is 13.0 Å². The van der Waals surface area contributed by atoms with Crippen molar-refractivity contribution in [3.05, 3.63) is 33.9 Å². The number of carbonyl (C=O) groups is 1. The molecule has 0 aromatic heterocycles. The van der Waals surface area contributed by atoms with E-state index >= 15 is 0 Å². The van der Waals surface area contributed by atoms with Crippen molar-refractivity contribution in [1.29, 1.82) is 0 Å². The monoisotopic (exact) mass is 349 g/mol. The molecule has 0 aliphatic carbocycles. The Morgan fingerprint density at radius 3 is 2.60 bits per heavy atom. The van der Waals surface area contributed by atoms with Crippen LogP contribution < -0.4 is 5.32 Å². The van der Waals surface area contributed by atoms with Crippen LogP contribution in [0.3, 0.4) is 0 Å². The molecule has 1 N–H and O–H groups in total. The Morgan fingerprint density at radius 2 is 2.00 bits per heavy atom. The fourth-order valence-electron chi connectivity index (χ4n) is 3.25. The summed E-state index contributed by atoms with van der Waals surface area (Å²) in [5.74, 6) is -0.300. The average Bonchev–Trinajstić information content (AvgIpc) is 2.53. The molecule has 0 spiro atoms. The summed E-state index contributed by atoms with van der Waals surface area (Å²) in [5.41, 5.74) is 0.740. The summed E-state index contributed by atoms with van der Waals surface area (Å²) in [6.07, 6.45) is 2.63. The highest BCUT2D eigenvalue weighted by Gasteiger charge is 2.21. The maximum absolute atomic E-state index is 11.6. The number of Topliss-reactive ketones (excluding diaryl/α,β-unsaturated/α-hetero) is 1. The molecule has 0 radical (unpaired) electrons. The molecule has 2 atom stereocenters. The lowest BCUT2D eigenvalue weighted by Crippen LogP contribution is -2.45. The standard InChI is InChI=1S/C18H27N3O4/c1-13-11-20(12-14(2)25-13)9-5-4-8-19-16-6-7-18(21(23)24)17(10-16)15(3)22/h6-7,10,13-14,19H,4-5,8-9,11-12H2,1-3H3. The van der Waals surface area contributed by atoms with Crippen LogP contribution in [0.15, 0.2) is 18.2 Å². The summed E-state index contributed by atoms with van der Waals surface area (Å²) in [6, 6.07) is 4.59. The lowest BCUT2D eigenvalue weighted by atomic mass is 10.1. The van der Waals surface area contributed by atoms with Crippen LogP contribution in [-0.4, -0.2) is 54.0 Å². The number of morpholine rings is 1. The summed E-state index contributed by atoms with van der Waals surface area (Å²) >= 11 is 0. The largest absolute Gasteiger partial charge is 0.385 e. The predicted molar refractivity (Wildman–Crippen MR) is 97.3 cm³/mol. The Bertz CT molecular complexity index is 610. The number of hydrogen-bond acceptors (Lipinski definition) is 6. The van der Waals surface area contributed by atoms with E-state index < -0.39 is 4.92 Å². The first kappa shape index (κ1) is 19.3.